The molecule has 7 heteroatoms. The van der Waals surface area contributed by atoms with Crippen LogP contribution in [0.3, 0.4) is 0 Å². The highest BCUT2D eigenvalue weighted by atomic mass is 16.5. The van der Waals surface area contributed by atoms with Crippen LogP contribution in [-0.4, -0.2) is 84.7 Å². The van der Waals surface area contributed by atoms with Gasteiger partial charge >= 0.3 is 0 Å². The number of amides is 1. The summed E-state index contributed by atoms with van der Waals surface area (Å²) in [6, 6.07) is 0.521. The summed E-state index contributed by atoms with van der Waals surface area (Å²) in [6.07, 6.45) is 2.79. The Kier molecular flexibility index (Phi) is 5.72. The predicted molar refractivity (Wildman–Crippen MR) is 106 cm³/mol. The van der Waals surface area contributed by atoms with Gasteiger partial charge in [-0.25, -0.2) is 9.97 Å². The number of carbonyl (C=O) groups is 1. The number of piperidine rings is 1. The summed E-state index contributed by atoms with van der Waals surface area (Å²) in [5.74, 6) is 1.16. The number of nitrogens with zero attached hydrogens (tertiary/aromatic N) is 5. The second-order valence-corrected chi connectivity index (χ2v) is 8.38. The van der Waals surface area contributed by atoms with Gasteiger partial charge in [-0.2, -0.15) is 0 Å². The molecule has 7 nitrogen and oxygen atoms in total. The molecule has 1 aromatic rings. The first kappa shape index (κ1) is 20.0. The standard InChI is InChI=1S/C20H33N5O2/c1-14-15(2)21-17(19(26)24-11-8-20(3,27-6)9-12-24)22-18(14)25-10-7-16(13-25)23(4)5/h16H,7-13H2,1-6H3/t16-/m1/s1. The molecule has 3 heterocycles. The molecule has 27 heavy (non-hydrogen) atoms. The van der Waals surface area contributed by atoms with Crippen LogP contribution in [0.4, 0.5) is 5.82 Å². The molecule has 150 valence electrons. The highest BCUT2D eigenvalue weighted by molar-refractivity contribution is 5.91. The van der Waals surface area contributed by atoms with Crippen molar-refractivity contribution >= 4 is 11.7 Å². The number of hydrogen-bond donors (Lipinski definition) is 0. The number of anilines is 1. The molecule has 0 saturated carbocycles. The van der Waals surface area contributed by atoms with Gasteiger partial charge in [0.25, 0.3) is 5.91 Å². The molecule has 0 bridgehead atoms. The zero-order valence-electron chi connectivity index (χ0n) is 17.6. The number of rotatable bonds is 4. The molecule has 1 atom stereocenters. The van der Waals surface area contributed by atoms with E-state index in [2.05, 4.69) is 35.8 Å². The van der Waals surface area contributed by atoms with E-state index in [-0.39, 0.29) is 11.5 Å². The van der Waals surface area contributed by atoms with E-state index < -0.39 is 0 Å². The monoisotopic (exact) mass is 375 g/mol. The lowest BCUT2D eigenvalue weighted by Gasteiger charge is -2.38. The van der Waals surface area contributed by atoms with E-state index in [0.717, 1.165) is 49.4 Å². The predicted octanol–water partition coefficient (Wildman–Crippen LogP) is 1.87. The van der Waals surface area contributed by atoms with Gasteiger partial charge in [-0.1, -0.05) is 0 Å². The first-order valence-electron chi connectivity index (χ1n) is 9.85. The van der Waals surface area contributed by atoms with Gasteiger partial charge in [0.15, 0.2) is 0 Å². The Morgan fingerprint density at radius 1 is 1.19 bits per heavy atom. The fourth-order valence-electron chi connectivity index (χ4n) is 3.90. The first-order chi connectivity index (χ1) is 12.7. The van der Waals surface area contributed by atoms with Crippen LogP contribution in [0.2, 0.25) is 0 Å². The maximum atomic E-state index is 13.0. The number of likely N-dealkylation sites (tertiary alicyclic amines) is 1. The van der Waals surface area contributed by atoms with Gasteiger partial charge in [0.1, 0.15) is 5.82 Å². The molecular weight excluding hydrogens is 342 g/mol. The van der Waals surface area contributed by atoms with Crippen molar-refractivity contribution in [1.82, 2.24) is 19.8 Å². The van der Waals surface area contributed by atoms with Crippen molar-refractivity contribution in [3.05, 3.63) is 17.1 Å². The average molecular weight is 376 g/mol. The molecular formula is C20H33N5O2. The number of aryl methyl sites for hydroxylation is 1. The zero-order valence-corrected chi connectivity index (χ0v) is 17.6. The molecule has 2 aliphatic heterocycles. The van der Waals surface area contributed by atoms with Crippen LogP contribution in [0.1, 0.15) is 48.1 Å². The second-order valence-electron chi connectivity index (χ2n) is 8.38. The molecule has 0 aliphatic carbocycles. The van der Waals surface area contributed by atoms with E-state index in [1.807, 2.05) is 18.7 Å². The number of hydrogen-bond acceptors (Lipinski definition) is 6. The minimum absolute atomic E-state index is 0.0686. The van der Waals surface area contributed by atoms with E-state index in [0.29, 0.717) is 25.0 Å². The average Bonchev–Trinajstić information content (AvgIpc) is 3.14. The van der Waals surface area contributed by atoms with Gasteiger partial charge < -0.3 is 19.4 Å². The number of carbonyl (C=O) groups excluding carboxylic acids is 1. The molecule has 1 aromatic heterocycles. The highest BCUT2D eigenvalue weighted by Gasteiger charge is 2.34. The minimum atomic E-state index is -0.136. The smallest absolute Gasteiger partial charge is 0.291 e. The van der Waals surface area contributed by atoms with Crippen molar-refractivity contribution in [2.75, 3.05) is 52.3 Å². The lowest BCUT2D eigenvalue weighted by molar-refractivity contribution is -0.0381. The van der Waals surface area contributed by atoms with Gasteiger partial charge in [0, 0.05) is 50.6 Å². The van der Waals surface area contributed by atoms with Gasteiger partial charge in [-0.15, -0.1) is 0 Å². The van der Waals surface area contributed by atoms with Gasteiger partial charge in [0.2, 0.25) is 5.82 Å². The Labute approximate surface area is 162 Å². The molecule has 0 radical (unpaired) electrons. The summed E-state index contributed by atoms with van der Waals surface area (Å²) in [5.41, 5.74) is 1.81. The fourth-order valence-corrected chi connectivity index (χ4v) is 3.90. The maximum absolute atomic E-state index is 13.0. The molecule has 1 amide bonds. The topological polar surface area (TPSA) is 61.8 Å². The summed E-state index contributed by atoms with van der Waals surface area (Å²) >= 11 is 0. The summed E-state index contributed by atoms with van der Waals surface area (Å²) in [6.45, 7) is 9.38. The maximum Gasteiger partial charge on any atom is 0.291 e. The Morgan fingerprint density at radius 3 is 2.41 bits per heavy atom. The quantitative estimate of drug-likeness (QED) is 0.801. The summed E-state index contributed by atoms with van der Waals surface area (Å²) < 4.78 is 5.58. The minimum Gasteiger partial charge on any atom is -0.378 e. The van der Waals surface area contributed by atoms with Crippen molar-refractivity contribution in [2.24, 2.45) is 0 Å². The van der Waals surface area contributed by atoms with E-state index in [1.165, 1.54) is 0 Å². The number of likely N-dealkylation sites (N-methyl/N-ethyl adjacent to an activating group) is 1. The fraction of sp³-hybridized carbons (Fsp3) is 0.750. The van der Waals surface area contributed by atoms with Crippen molar-refractivity contribution in [2.45, 2.75) is 51.7 Å². The first-order valence-corrected chi connectivity index (χ1v) is 9.85. The van der Waals surface area contributed by atoms with Crippen LogP contribution in [0, 0.1) is 13.8 Å². The van der Waals surface area contributed by atoms with E-state index in [4.69, 9.17) is 9.72 Å². The lowest BCUT2D eigenvalue weighted by Crippen LogP contribution is -2.46. The molecule has 0 unspecified atom stereocenters. The van der Waals surface area contributed by atoms with E-state index >= 15 is 0 Å². The SMILES string of the molecule is COC1(C)CCN(C(=O)c2nc(C)c(C)c(N3CC[C@@H](N(C)C)C3)n2)CC1. The number of ether oxygens (including phenoxy) is 1. The summed E-state index contributed by atoms with van der Waals surface area (Å²) in [5, 5.41) is 0. The largest absolute Gasteiger partial charge is 0.378 e. The molecule has 3 rings (SSSR count). The van der Waals surface area contributed by atoms with E-state index in [9.17, 15) is 4.79 Å². The van der Waals surface area contributed by atoms with E-state index in [1.54, 1.807) is 7.11 Å². The third-order valence-corrected chi connectivity index (χ3v) is 6.35. The van der Waals surface area contributed by atoms with Crippen LogP contribution in [-0.2, 0) is 4.74 Å². The second kappa shape index (κ2) is 7.72. The van der Waals surface area contributed by atoms with Crippen LogP contribution in [0.5, 0.6) is 0 Å². The molecule has 2 aliphatic rings. The Balaban J connectivity index is 1.79. The van der Waals surface area contributed by atoms with Crippen LogP contribution in [0.25, 0.3) is 0 Å². The van der Waals surface area contributed by atoms with Crippen molar-refractivity contribution in [1.29, 1.82) is 0 Å². The third-order valence-electron chi connectivity index (χ3n) is 6.35. The lowest BCUT2D eigenvalue weighted by atomic mass is 9.93. The van der Waals surface area contributed by atoms with Crippen molar-refractivity contribution in [3.63, 3.8) is 0 Å². The Bertz CT molecular complexity index is 698. The van der Waals surface area contributed by atoms with Crippen LogP contribution in [0.15, 0.2) is 0 Å². The molecule has 0 spiro atoms. The molecule has 0 aromatic carbocycles. The van der Waals surface area contributed by atoms with Gasteiger partial charge in [0.05, 0.1) is 5.60 Å². The van der Waals surface area contributed by atoms with Gasteiger partial charge in [-0.05, 0) is 54.1 Å². The van der Waals surface area contributed by atoms with Crippen LogP contribution < -0.4 is 4.90 Å². The molecule has 2 saturated heterocycles. The van der Waals surface area contributed by atoms with Gasteiger partial charge in [-0.3, -0.25) is 4.79 Å². The summed E-state index contributed by atoms with van der Waals surface area (Å²) in [7, 11) is 5.98. The summed E-state index contributed by atoms with van der Waals surface area (Å²) in [4.78, 5) is 28.7. The molecule has 0 N–H and O–H groups in total. The Morgan fingerprint density at radius 2 is 1.85 bits per heavy atom. The van der Waals surface area contributed by atoms with Crippen molar-refractivity contribution in [3.8, 4) is 0 Å². The number of aromatic nitrogens is 2. The number of methoxy groups -OCH3 is 1. The Hall–Kier alpha value is -1.73. The normalized spacial score (nSPS) is 22.6. The molecule has 2 fully saturated rings. The van der Waals surface area contributed by atoms with Crippen LogP contribution >= 0.6 is 0 Å². The third kappa shape index (κ3) is 4.09. The highest BCUT2D eigenvalue weighted by Crippen LogP contribution is 2.28. The van der Waals surface area contributed by atoms with Crippen molar-refractivity contribution < 1.29 is 9.53 Å². The zero-order chi connectivity index (χ0) is 19.8.